The van der Waals surface area contributed by atoms with Crippen molar-refractivity contribution in [1.29, 1.82) is 0 Å². The predicted octanol–water partition coefficient (Wildman–Crippen LogP) is 2.22. The van der Waals surface area contributed by atoms with Crippen LogP contribution in [-0.4, -0.2) is 26.4 Å². The third-order valence-electron chi connectivity index (χ3n) is 3.19. The average molecular weight is 329 g/mol. The van der Waals surface area contributed by atoms with Gasteiger partial charge in [-0.1, -0.05) is 16.1 Å². The van der Waals surface area contributed by atoms with Gasteiger partial charge < -0.3 is 5.32 Å². The number of hydrogen-bond donors (Lipinski definition) is 1. The maximum atomic E-state index is 12.5. The van der Waals surface area contributed by atoms with Crippen LogP contribution in [0.5, 0.6) is 0 Å². The van der Waals surface area contributed by atoms with E-state index in [0.717, 1.165) is 22.0 Å². The third kappa shape index (κ3) is 2.00. The first kappa shape index (κ1) is 13.5. The molecule has 1 fully saturated rings. The maximum Gasteiger partial charge on any atom is 0.325 e. The van der Waals surface area contributed by atoms with Gasteiger partial charge in [0.15, 0.2) is 0 Å². The molecule has 0 aliphatic carbocycles. The molecule has 0 bridgehead atoms. The van der Waals surface area contributed by atoms with Crippen molar-refractivity contribution in [3.8, 4) is 0 Å². The SMILES string of the molecule is C[C@]1(c2ccsc2)NC(=O)N(Cc2nnsc2Cl)C1=O. The summed E-state index contributed by atoms with van der Waals surface area (Å²) in [5, 5.41) is 10.3. The monoisotopic (exact) mass is 328 g/mol. The molecule has 2 aromatic rings. The van der Waals surface area contributed by atoms with Crippen LogP contribution in [0.25, 0.3) is 0 Å². The fourth-order valence-electron chi connectivity index (χ4n) is 2.03. The Morgan fingerprint density at radius 1 is 1.50 bits per heavy atom. The molecule has 3 heterocycles. The van der Waals surface area contributed by atoms with Crippen LogP contribution < -0.4 is 5.32 Å². The van der Waals surface area contributed by atoms with Crippen LogP contribution in [0.1, 0.15) is 18.2 Å². The van der Waals surface area contributed by atoms with Gasteiger partial charge in [-0.3, -0.25) is 9.69 Å². The lowest BCUT2D eigenvalue weighted by molar-refractivity contribution is -0.131. The Hall–Kier alpha value is -1.51. The molecule has 1 aliphatic heterocycles. The summed E-state index contributed by atoms with van der Waals surface area (Å²) in [7, 11) is 0. The van der Waals surface area contributed by atoms with Crippen molar-refractivity contribution >= 4 is 46.4 Å². The molecule has 6 nitrogen and oxygen atoms in total. The first-order valence-corrected chi connectivity index (χ1v) is 7.75. The quantitative estimate of drug-likeness (QED) is 0.877. The van der Waals surface area contributed by atoms with E-state index in [2.05, 4.69) is 14.9 Å². The number of urea groups is 1. The third-order valence-corrected chi connectivity index (χ3v) is 4.86. The standard InChI is InChI=1S/C11H9ClN4O2S2/c1-11(6-2-3-19-5-6)9(17)16(10(18)13-11)4-7-8(12)20-15-14-7/h2-3,5H,4H2,1H3,(H,13,18)/t11-/m1/s1. The second-order valence-electron chi connectivity index (χ2n) is 4.45. The number of halogens is 1. The average Bonchev–Trinajstić information content (AvgIpc) is 3.09. The van der Waals surface area contributed by atoms with Crippen LogP contribution in [0.3, 0.4) is 0 Å². The lowest BCUT2D eigenvalue weighted by Crippen LogP contribution is -2.40. The first-order valence-electron chi connectivity index (χ1n) is 5.66. The Bertz CT molecular complexity index is 672. The number of amides is 3. The van der Waals surface area contributed by atoms with E-state index in [4.69, 9.17) is 11.6 Å². The van der Waals surface area contributed by atoms with Gasteiger partial charge in [-0.15, -0.1) is 5.10 Å². The second kappa shape index (κ2) is 4.80. The Morgan fingerprint density at radius 2 is 2.30 bits per heavy atom. The number of carbonyl (C=O) groups excluding carboxylic acids is 2. The highest BCUT2D eigenvalue weighted by Crippen LogP contribution is 2.31. The number of thiophene rings is 1. The molecule has 0 aromatic carbocycles. The van der Waals surface area contributed by atoms with E-state index in [1.54, 1.807) is 6.92 Å². The van der Waals surface area contributed by atoms with Gasteiger partial charge in [0.1, 0.15) is 15.6 Å². The minimum absolute atomic E-state index is 0.0275. The van der Waals surface area contributed by atoms with Gasteiger partial charge in [-0.2, -0.15) is 11.3 Å². The summed E-state index contributed by atoms with van der Waals surface area (Å²) >= 11 is 8.41. The van der Waals surface area contributed by atoms with Crippen molar-refractivity contribution in [2.45, 2.75) is 19.0 Å². The van der Waals surface area contributed by atoms with E-state index >= 15 is 0 Å². The first-order chi connectivity index (χ1) is 9.52. The Kier molecular flexibility index (Phi) is 3.23. The van der Waals surface area contributed by atoms with E-state index in [-0.39, 0.29) is 12.5 Å². The molecule has 104 valence electrons. The van der Waals surface area contributed by atoms with Crippen LogP contribution in [0, 0.1) is 0 Å². The van der Waals surface area contributed by atoms with Gasteiger partial charge in [0.05, 0.1) is 6.54 Å². The number of aromatic nitrogens is 2. The highest BCUT2D eigenvalue weighted by Gasteiger charge is 2.49. The number of nitrogens with one attached hydrogen (secondary N) is 1. The summed E-state index contributed by atoms with van der Waals surface area (Å²) in [6.07, 6.45) is 0. The van der Waals surface area contributed by atoms with E-state index in [1.807, 2.05) is 16.8 Å². The fraction of sp³-hybridized carbons (Fsp3) is 0.273. The van der Waals surface area contributed by atoms with Gasteiger partial charge in [0.25, 0.3) is 5.91 Å². The van der Waals surface area contributed by atoms with Gasteiger partial charge in [0.2, 0.25) is 0 Å². The molecule has 2 aromatic heterocycles. The molecule has 1 saturated heterocycles. The van der Waals surface area contributed by atoms with E-state index in [0.29, 0.717) is 10.0 Å². The molecule has 1 N–H and O–H groups in total. The molecule has 1 atom stereocenters. The molecule has 0 saturated carbocycles. The number of rotatable bonds is 3. The molecule has 9 heteroatoms. The van der Waals surface area contributed by atoms with Gasteiger partial charge in [-0.25, -0.2) is 4.79 Å². The molecule has 3 amide bonds. The highest BCUT2D eigenvalue weighted by molar-refractivity contribution is 7.10. The van der Waals surface area contributed by atoms with Crippen molar-refractivity contribution in [3.05, 3.63) is 32.4 Å². The Labute approximate surface area is 127 Å². The van der Waals surface area contributed by atoms with Crippen LogP contribution >= 0.6 is 34.5 Å². The normalized spacial score (nSPS) is 22.4. The summed E-state index contributed by atoms with van der Waals surface area (Å²) in [5.74, 6) is -0.315. The summed E-state index contributed by atoms with van der Waals surface area (Å²) in [6.45, 7) is 1.72. The number of imide groups is 1. The van der Waals surface area contributed by atoms with Crippen molar-refractivity contribution in [3.63, 3.8) is 0 Å². The number of carbonyl (C=O) groups is 2. The zero-order valence-corrected chi connectivity index (χ0v) is 12.7. The molecular weight excluding hydrogens is 320 g/mol. The maximum absolute atomic E-state index is 12.5. The Morgan fingerprint density at radius 3 is 2.90 bits per heavy atom. The molecular formula is C11H9ClN4O2S2. The van der Waals surface area contributed by atoms with Crippen LogP contribution in [0.2, 0.25) is 4.34 Å². The fourth-order valence-corrected chi connectivity index (χ4v) is 3.40. The molecule has 3 rings (SSSR count). The number of hydrogen-bond acceptors (Lipinski definition) is 6. The van der Waals surface area contributed by atoms with Gasteiger partial charge in [0, 0.05) is 11.5 Å². The predicted molar refractivity (Wildman–Crippen MR) is 75.7 cm³/mol. The van der Waals surface area contributed by atoms with Crippen molar-refractivity contribution in [2.24, 2.45) is 0 Å². The van der Waals surface area contributed by atoms with Crippen LogP contribution in [-0.2, 0) is 16.9 Å². The topological polar surface area (TPSA) is 75.2 Å². The molecule has 1 aliphatic rings. The molecule has 0 radical (unpaired) electrons. The van der Waals surface area contributed by atoms with Crippen molar-refractivity contribution in [1.82, 2.24) is 19.8 Å². The highest BCUT2D eigenvalue weighted by atomic mass is 35.5. The van der Waals surface area contributed by atoms with E-state index < -0.39 is 11.6 Å². The molecule has 0 unspecified atom stereocenters. The molecule has 0 spiro atoms. The van der Waals surface area contributed by atoms with Gasteiger partial charge >= 0.3 is 6.03 Å². The lowest BCUT2D eigenvalue weighted by Gasteiger charge is -2.20. The molecule has 20 heavy (non-hydrogen) atoms. The lowest BCUT2D eigenvalue weighted by atomic mass is 9.95. The van der Waals surface area contributed by atoms with E-state index in [1.165, 1.54) is 11.3 Å². The summed E-state index contributed by atoms with van der Waals surface area (Å²) in [5.41, 5.74) is 0.160. The minimum atomic E-state index is -1.03. The van der Waals surface area contributed by atoms with Crippen LogP contribution in [0.4, 0.5) is 4.79 Å². The summed E-state index contributed by atoms with van der Waals surface area (Å²) in [4.78, 5) is 25.7. The van der Waals surface area contributed by atoms with E-state index in [9.17, 15) is 9.59 Å². The van der Waals surface area contributed by atoms with Crippen molar-refractivity contribution in [2.75, 3.05) is 0 Å². The summed E-state index contributed by atoms with van der Waals surface area (Å²) in [6, 6.07) is 1.37. The van der Waals surface area contributed by atoms with Gasteiger partial charge in [-0.05, 0) is 29.3 Å². The Balaban J connectivity index is 1.90. The zero-order valence-electron chi connectivity index (χ0n) is 10.3. The van der Waals surface area contributed by atoms with Crippen LogP contribution in [0.15, 0.2) is 16.8 Å². The smallest absolute Gasteiger partial charge is 0.319 e. The number of nitrogens with zero attached hydrogens (tertiary/aromatic N) is 3. The summed E-state index contributed by atoms with van der Waals surface area (Å²) < 4.78 is 4.08. The second-order valence-corrected chi connectivity index (χ2v) is 6.59. The largest absolute Gasteiger partial charge is 0.325 e. The minimum Gasteiger partial charge on any atom is -0.319 e. The zero-order chi connectivity index (χ0) is 14.3. The van der Waals surface area contributed by atoms with Crippen molar-refractivity contribution < 1.29 is 9.59 Å².